The number of carboxylic acids is 1. The number of hydrogen-bond donors (Lipinski definition) is 3. The van der Waals surface area contributed by atoms with E-state index in [1.54, 1.807) is 22.9 Å². The van der Waals surface area contributed by atoms with Gasteiger partial charge >= 0.3 is 5.97 Å². The maximum atomic E-state index is 13.0. The van der Waals surface area contributed by atoms with Crippen LogP contribution in [0.15, 0.2) is 42.5 Å². The summed E-state index contributed by atoms with van der Waals surface area (Å²) >= 11 is 0. The number of carbonyl (C=O) groups is 2. The molecule has 0 aliphatic carbocycles. The van der Waals surface area contributed by atoms with E-state index >= 15 is 0 Å². The summed E-state index contributed by atoms with van der Waals surface area (Å²) in [5.74, 6) is 0.325. The second kappa shape index (κ2) is 12.6. The third-order valence-corrected chi connectivity index (χ3v) is 8.17. The molecule has 0 radical (unpaired) electrons. The van der Waals surface area contributed by atoms with Crippen LogP contribution in [0.1, 0.15) is 65.1 Å². The maximum absolute atomic E-state index is 13.0. The quantitative estimate of drug-likeness (QED) is 0.351. The van der Waals surface area contributed by atoms with Crippen LogP contribution >= 0.6 is 0 Å². The number of fused-ring (bicyclic) bond motifs is 1. The van der Waals surface area contributed by atoms with Gasteiger partial charge in [0.1, 0.15) is 11.9 Å². The highest BCUT2D eigenvalue weighted by molar-refractivity contribution is 5.97. The Kier molecular flexibility index (Phi) is 8.79. The summed E-state index contributed by atoms with van der Waals surface area (Å²) in [5, 5.41) is 20.4. The molecule has 40 heavy (non-hydrogen) atoms. The van der Waals surface area contributed by atoms with Gasteiger partial charge in [0.2, 0.25) is 0 Å². The van der Waals surface area contributed by atoms with Crippen molar-refractivity contribution < 1.29 is 14.7 Å². The first kappa shape index (κ1) is 27.8. The summed E-state index contributed by atoms with van der Waals surface area (Å²) in [4.78, 5) is 32.1. The molecule has 1 amide bonds. The highest BCUT2D eigenvalue weighted by Gasteiger charge is 2.24. The van der Waals surface area contributed by atoms with E-state index in [-0.39, 0.29) is 5.91 Å². The molecule has 2 aliphatic rings. The van der Waals surface area contributed by atoms with Gasteiger partial charge in [-0.25, -0.2) is 14.5 Å². The van der Waals surface area contributed by atoms with Crippen molar-refractivity contribution in [2.24, 2.45) is 5.92 Å². The number of nitrogens with zero attached hydrogens (tertiary/aromatic N) is 4. The molecule has 0 saturated carbocycles. The Morgan fingerprint density at radius 3 is 2.73 bits per heavy atom. The van der Waals surface area contributed by atoms with Crippen molar-refractivity contribution in [2.75, 3.05) is 31.5 Å². The molecule has 0 spiro atoms. The Bertz CT molecular complexity index is 1340. The first-order chi connectivity index (χ1) is 19.4. The molecule has 3 aromatic rings. The van der Waals surface area contributed by atoms with Crippen molar-refractivity contribution in [1.82, 2.24) is 25.0 Å². The van der Waals surface area contributed by atoms with E-state index in [0.717, 1.165) is 80.3 Å². The smallest absolute Gasteiger partial charge is 0.326 e. The van der Waals surface area contributed by atoms with E-state index in [9.17, 15) is 14.7 Å². The predicted molar refractivity (Wildman–Crippen MR) is 155 cm³/mol. The number of amides is 1. The number of aryl methyl sites for hydroxylation is 4. The number of carboxylic acid groups (broad SMARTS) is 1. The molecular weight excluding hydrogens is 504 g/mol. The number of pyridine rings is 1. The number of piperidine rings is 1. The topological polar surface area (TPSA) is 112 Å². The fourth-order valence-electron chi connectivity index (χ4n) is 5.84. The number of rotatable bonds is 10. The molecule has 1 fully saturated rings. The standard InChI is InChI=1S/C31H40N6O3/c1-21-19-22(2)37(35-21)27-7-3-5-25(20-27)30(38)34-28(31(39)40)14-18-36-16-12-23(13-17-36)8-10-26-11-9-24-6-4-15-32-29(24)33-26/h3,5,7,9,11,19-20,23,28H,4,6,8,10,12-18H2,1-2H3,(H,32,33)(H,34,38)(H,39,40)/t28-/m1/s1. The van der Waals surface area contributed by atoms with Crippen molar-refractivity contribution in [2.45, 2.75) is 64.8 Å². The number of likely N-dealkylation sites (tertiary alicyclic amines) is 1. The highest BCUT2D eigenvalue weighted by atomic mass is 16.4. The Balaban J connectivity index is 1.08. The fourth-order valence-corrected chi connectivity index (χ4v) is 5.84. The first-order valence-electron chi connectivity index (χ1n) is 14.5. The van der Waals surface area contributed by atoms with E-state index in [4.69, 9.17) is 4.98 Å². The zero-order valence-corrected chi connectivity index (χ0v) is 23.5. The van der Waals surface area contributed by atoms with Gasteiger partial charge < -0.3 is 20.6 Å². The third kappa shape index (κ3) is 6.88. The molecule has 212 valence electrons. The van der Waals surface area contributed by atoms with Crippen LogP contribution in [0.25, 0.3) is 5.69 Å². The summed E-state index contributed by atoms with van der Waals surface area (Å²) in [7, 11) is 0. The third-order valence-electron chi connectivity index (χ3n) is 8.17. The summed E-state index contributed by atoms with van der Waals surface area (Å²) in [6.45, 7) is 7.44. The molecule has 0 bridgehead atoms. The molecule has 3 N–H and O–H groups in total. The summed E-state index contributed by atoms with van der Waals surface area (Å²) in [6, 6.07) is 12.6. The van der Waals surface area contributed by atoms with Crippen LogP contribution in [0.4, 0.5) is 5.82 Å². The average Bonchev–Trinajstić information content (AvgIpc) is 3.31. The van der Waals surface area contributed by atoms with Gasteiger partial charge in [0, 0.05) is 30.0 Å². The van der Waals surface area contributed by atoms with Crippen LogP contribution in [0, 0.1) is 19.8 Å². The lowest BCUT2D eigenvalue weighted by molar-refractivity contribution is -0.139. The molecule has 0 unspecified atom stereocenters. The lowest BCUT2D eigenvalue weighted by Gasteiger charge is -2.32. The van der Waals surface area contributed by atoms with Gasteiger partial charge in [-0.1, -0.05) is 12.1 Å². The van der Waals surface area contributed by atoms with Crippen molar-refractivity contribution >= 4 is 17.7 Å². The second-order valence-electron chi connectivity index (χ2n) is 11.2. The van der Waals surface area contributed by atoms with Gasteiger partial charge in [0.25, 0.3) is 5.91 Å². The molecule has 2 aliphatic heterocycles. The van der Waals surface area contributed by atoms with E-state index in [1.807, 2.05) is 26.0 Å². The minimum atomic E-state index is -1.01. The summed E-state index contributed by atoms with van der Waals surface area (Å²) in [6.07, 6.45) is 6.98. The van der Waals surface area contributed by atoms with Crippen LogP contribution in [-0.2, 0) is 17.6 Å². The molecule has 4 heterocycles. The van der Waals surface area contributed by atoms with Crippen molar-refractivity contribution in [1.29, 1.82) is 0 Å². The molecule has 9 heteroatoms. The lowest BCUT2D eigenvalue weighted by Crippen LogP contribution is -2.44. The van der Waals surface area contributed by atoms with Gasteiger partial charge in [-0.15, -0.1) is 0 Å². The van der Waals surface area contributed by atoms with Gasteiger partial charge in [-0.2, -0.15) is 5.10 Å². The second-order valence-corrected chi connectivity index (χ2v) is 11.2. The maximum Gasteiger partial charge on any atom is 0.326 e. The van der Waals surface area contributed by atoms with Gasteiger partial charge in [0.15, 0.2) is 0 Å². The number of hydrogen-bond acceptors (Lipinski definition) is 6. The normalized spacial score (nSPS) is 16.6. The van der Waals surface area contributed by atoms with E-state index in [1.165, 1.54) is 12.0 Å². The molecule has 1 atom stereocenters. The zero-order chi connectivity index (χ0) is 28.1. The van der Waals surface area contributed by atoms with Crippen LogP contribution in [0.2, 0.25) is 0 Å². The van der Waals surface area contributed by atoms with E-state index < -0.39 is 12.0 Å². The highest BCUT2D eigenvalue weighted by Crippen LogP contribution is 2.25. The van der Waals surface area contributed by atoms with Crippen LogP contribution in [0.3, 0.4) is 0 Å². The fraction of sp³-hybridized carbons (Fsp3) is 0.484. The molecule has 1 aromatic carbocycles. The number of nitrogens with one attached hydrogen (secondary N) is 2. The Hall–Kier alpha value is -3.72. The first-order valence-corrected chi connectivity index (χ1v) is 14.5. The van der Waals surface area contributed by atoms with Crippen LogP contribution in [-0.4, -0.2) is 68.9 Å². The minimum absolute atomic E-state index is 0.370. The molecular formula is C31H40N6O3. The van der Waals surface area contributed by atoms with Crippen molar-refractivity contribution in [3.8, 4) is 5.69 Å². The monoisotopic (exact) mass is 544 g/mol. The van der Waals surface area contributed by atoms with Gasteiger partial charge in [-0.3, -0.25) is 4.79 Å². The predicted octanol–water partition coefficient (Wildman–Crippen LogP) is 4.16. The van der Waals surface area contributed by atoms with E-state index in [0.29, 0.717) is 24.4 Å². The van der Waals surface area contributed by atoms with E-state index in [2.05, 4.69) is 32.8 Å². The number of carbonyl (C=O) groups excluding carboxylic acids is 1. The molecule has 9 nitrogen and oxygen atoms in total. The Morgan fingerprint density at radius 1 is 1.15 bits per heavy atom. The van der Waals surface area contributed by atoms with Crippen LogP contribution in [0.5, 0.6) is 0 Å². The summed E-state index contributed by atoms with van der Waals surface area (Å²) < 4.78 is 1.78. The van der Waals surface area contributed by atoms with Gasteiger partial charge in [-0.05, 0) is 114 Å². The number of benzene rings is 1. The van der Waals surface area contributed by atoms with Crippen molar-refractivity contribution in [3.05, 3.63) is 70.7 Å². The number of anilines is 1. The Labute approximate surface area is 236 Å². The van der Waals surface area contributed by atoms with Crippen molar-refractivity contribution in [3.63, 3.8) is 0 Å². The number of aromatic nitrogens is 3. The SMILES string of the molecule is Cc1cc(C)n(-c2cccc(C(=O)N[C@H](CCN3CCC(CCc4ccc5c(n4)NCCC5)CC3)C(=O)O)c2)n1. The largest absolute Gasteiger partial charge is 0.480 e. The Morgan fingerprint density at radius 2 is 1.98 bits per heavy atom. The lowest BCUT2D eigenvalue weighted by atomic mass is 9.91. The number of aliphatic carboxylic acids is 1. The zero-order valence-electron chi connectivity index (χ0n) is 23.5. The molecule has 5 rings (SSSR count). The van der Waals surface area contributed by atoms with Gasteiger partial charge in [0.05, 0.1) is 11.4 Å². The average molecular weight is 545 g/mol. The molecule has 1 saturated heterocycles. The van der Waals surface area contributed by atoms with Crippen LogP contribution < -0.4 is 10.6 Å². The minimum Gasteiger partial charge on any atom is -0.480 e. The molecule has 2 aromatic heterocycles. The summed E-state index contributed by atoms with van der Waals surface area (Å²) in [5.41, 5.74) is 5.54.